The summed E-state index contributed by atoms with van der Waals surface area (Å²) in [5.74, 6) is -0.554. The van der Waals surface area contributed by atoms with E-state index in [1.807, 2.05) is 6.92 Å². The number of ether oxygens (including phenoxy) is 1. The number of aromatic nitrogens is 2. The summed E-state index contributed by atoms with van der Waals surface area (Å²) < 4.78 is 45.0. The van der Waals surface area contributed by atoms with Crippen molar-refractivity contribution >= 4 is 17.7 Å². The summed E-state index contributed by atoms with van der Waals surface area (Å²) in [6.07, 6.45) is -2.67. The van der Waals surface area contributed by atoms with Crippen LogP contribution >= 0.6 is 0 Å². The van der Waals surface area contributed by atoms with Gasteiger partial charge in [-0.25, -0.2) is 4.79 Å². The second-order valence-electron chi connectivity index (χ2n) is 8.91. The van der Waals surface area contributed by atoms with E-state index in [1.165, 1.54) is 0 Å². The van der Waals surface area contributed by atoms with Gasteiger partial charge in [0.2, 0.25) is 0 Å². The molecule has 11 heteroatoms. The van der Waals surface area contributed by atoms with Gasteiger partial charge in [-0.1, -0.05) is 6.92 Å². The first kappa shape index (κ1) is 23.5. The van der Waals surface area contributed by atoms with Crippen molar-refractivity contribution in [3.63, 3.8) is 0 Å². The van der Waals surface area contributed by atoms with E-state index >= 15 is 0 Å². The van der Waals surface area contributed by atoms with Gasteiger partial charge in [0.05, 0.1) is 17.3 Å². The van der Waals surface area contributed by atoms with Crippen molar-refractivity contribution in [2.75, 3.05) is 44.2 Å². The lowest BCUT2D eigenvalue weighted by Crippen LogP contribution is -2.56. The Kier molecular flexibility index (Phi) is 6.10. The third-order valence-electron chi connectivity index (χ3n) is 6.93. The van der Waals surface area contributed by atoms with Gasteiger partial charge in [-0.05, 0) is 26.5 Å². The van der Waals surface area contributed by atoms with Crippen molar-refractivity contribution in [2.24, 2.45) is 0 Å². The fourth-order valence-electron chi connectivity index (χ4n) is 4.98. The van der Waals surface area contributed by atoms with Crippen molar-refractivity contribution in [2.45, 2.75) is 51.4 Å². The zero-order chi connectivity index (χ0) is 24.0. The van der Waals surface area contributed by atoms with Crippen molar-refractivity contribution in [1.29, 1.82) is 0 Å². The lowest BCUT2D eigenvalue weighted by atomic mass is 9.82. The zero-order valence-electron chi connectivity index (χ0n) is 19.0. The molecule has 4 rings (SSSR count). The van der Waals surface area contributed by atoms with Crippen molar-refractivity contribution in [1.82, 2.24) is 20.0 Å². The molecule has 1 spiro atoms. The van der Waals surface area contributed by atoms with E-state index in [-0.39, 0.29) is 17.8 Å². The Labute approximate surface area is 190 Å². The molecule has 0 aromatic carbocycles. The number of nitrogens with zero attached hydrogens (tertiary/aromatic N) is 5. The Morgan fingerprint density at radius 3 is 2.55 bits per heavy atom. The fourth-order valence-corrected chi connectivity index (χ4v) is 4.98. The zero-order valence-corrected chi connectivity index (χ0v) is 19.0. The maximum Gasteiger partial charge on any atom is 0.418 e. The van der Waals surface area contributed by atoms with Gasteiger partial charge in [0.15, 0.2) is 5.82 Å². The summed E-state index contributed by atoms with van der Waals surface area (Å²) >= 11 is 0. The molecule has 4 heterocycles. The first-order valence-corrected chi connectivity index (χ1v) is 11.2. The number of rotatable bonds is 3. The molecule has 2 fully saturated rings. The minimum absolute atomic E-state index is 0.127. The van der Waals surface area contributed by atoms with Gasteiger partial charge in [0, 0.05) is 57.2 Å². The van der Waals surface area contributed by atoms with Crippen LogP contribution in [0.25, 0.3) is 0 Å². The largest absolute Gasteiger partial charge is 0.450 e. The van der Waals surface area contributed by atoms with Crippen LogP contribution in [0, 0.1) is 0 Å². The number of alkyl halides is 3. The molecule has 0 bridgehead atoms. The molecule has 8 nitrogen and oxygen atoms in total. The summed E-state index contributed by atoms with van der Waals surface area (Å²) in [5.41, 5.74) is -0.968. The molecule has 33 heavy (non-hydrogen) atoms. The third kappa shape index (κ3) is 4.30. The normalized spacial score (nSPS) is 23.9. The van der Waals surface area contributed by atoms with Crippen LogP contribution in [0.15, 0.2) is 23.4 Å². The highest BCUT2D eigenvalue weighted by Gasteiger charge is 2.52. The molecule has 1 aromatic heterocycles. The molecule has 3 aliphatic heterocycles. The van der Waals surface area contributed by atoms with Gasteiger partial charge in [0.1, 0.15) is 5.60 Å². The first-order chi connectivity index (χ1) is 15.6. The molecule has 180 valence electrons. The molecular weight excluding hydrogens is 439 g/mol. The number of likely N-dealkylation sites (tertiary alicyclic amines) is 1. The number of hydrogen-bond acceptors (Lipinski definition) is 7. The van der Waals surface area contributed by atoms with E-state index in [9.17, 15) is 22.8 Å². The topological polar surface area (TPSA) is 78.9 Å². The molecule has 0 aliphatic carbocycles. The molecule has 0 saturated carbocycles. The number of hydrogen-bond donors (Lipinski definition) is 0. The number of halogens is 3. The Morgan fingerprint density at radius 2 is 1.94 bits per heavy atom. The van der Waals surface area contributed by atoms with Crippen LogP contribution in [-0.2, 0) is 20.5 Å². The summed E-state index contributed by atoms with van der Waals surface area (Å²) in [7, 11) is 0. The van der Waals surface area contributed by atoms with Crippen molar-refractivity contribution < 1.29 is 27.5 Å². The van der Waals surface area contributed by atoms with Crippen molar-refractivity contribution in [3.05, 3.63) is 29.0 Å². The van der Waals surface area contributed by atoms with Crippen LogP contribution in [0.2, 0.25) is 0 Å². The Morgan fingerprint density at radius 1 is 1.24 bits per heavy atom. The summed E-state index contributed by atoms with van der Waals surface area (Å²) in [6, 6.07) is 0.700. The van der Waals surface area contributed by atoms with Crippen LogP contribution in [0.3, 0.4) is 0 Å². The number of piperazine rings is 1. The average Bonchev–Trinajstić information content (AvgIpc) is 3.02. The van der Waals surface area contributed by atoms with E-state index in [0.717, 1.165) is 25.7 Å². The predicted octanol–water partition coefficient (Wildman–Crippen LogP) is 2.26. The molecule has 3 aliphatic rings. The van der Waals surface area contributed by atoms with E-state index in [2.05, 4.69) is 22.0 Å². The third-order valence-corrected chi connectivity index (χ3v) is 6.93. The second-order valence-corrected chi connectivity index (χ2v) is 8.91. The lowest BCUT2D eigenvalue weighted by molar-refractivity contribution is -0.151. The van der Waals surface area contributed by atoms with E-state index in [1.54, 1.807) is 16.7 Å². The van der Waals surface area contributed by atoms with E-state index in [0.29, 0.717) is 49.8 Å². The second kappa shape index (κ2) is 8.58. The number of carbonyl (C=O) groups excluding carboxylic acids is 2. The smallest absolute Gasteiger partial charge is 0.418 e. The summed E-state index contributed by atoms with van der Waals surface area (Å²) in [5, 5.41) is 7.38. The first-order valence-electron chi connectivity index (χ1n) is 11.2. The van der Waals surface area contributed by atoms with Gasteiger partial charge >= 0.3 is 12.1 Å². The average molecular weight is 467 g/mol. The van der Waals surface area contributed by atoms with Crippen LogP contribution in [0.5, 0.6) is 0 Å². The number of carbonyl (C=O) groups is 2. The van der Waals surface area contributed by atoms with E-state index in [4.69, 9.17) is 4.74 Å². The van der Waals surface area contributed by atoms with Crippen LogP contribution in [0.4, 0.5) is 19.0 Å². The van der Waals surface area contributed by atoms with Crippen LogP contribution < -0.4 is 4.90 Å². The summed E-state index contributed by atoms with van der Waals surface area (Å²) in [6.45, 7) is 8.81. The fraction of sp³-hybridized carbons (Fsp3) is 0.636. The highest BCUT2D eigenvalue weighted by atomic mass is 19.4. The molecule has 1 unspecified atom stereocenters. The van der Waals surface area contributed by atoms with E-state index < -0.39 is 23.3 Å². The minimum Gasteiger partial charge on any atom is -0.450 e. The predicted molar refractivity (Wildman–Crippen MR) is 113 cm³/mol. The van der Waals surface area contributed by atoms with Crippen LogP contribution in [-0.4, -0.2) is 82.8 Å². The number of amides is 1. The van der Waals surface area contributed by atoms with Crippen molar-refractivity contribution in [3.8, 4) is 0 Å². The van der Waals surface area contributed by atoms with Gasteiger partial charge in [-0.15, -0.1) is 5.10 Å². The maximum atomic E-state index is 13.6. The van der Waals surface area contributed by atoms with Gasteiger partial charge in [-0.2, -0.15) is 18.3 Å². The van der Waals surface area contributed by atoms with Crippen LogP contribution in [0.1, 0.15) is 39.2 Å². The molecule has 2 saturated heterocycles. The minimum atomic E-state index is -4.51. The highest BCUT2D eigenvalue weighted by molar-refractivity contribution is 6.07. The lowest BCUT2D eigenvalue weighted by Gasteiger charge is -2.43. The molecular formula is C22H28F3N5O3. The Bertz CT molecular complexity index is 972. The van der Waals surface area contributed by atoms with Gasteiger partial charge in [0.25, 0.3) is 5.91 Å². The molecule has 0 N–H and O–H groups in total. The number of piperidine rings is 1. The Balaban J connectivity index is 1.51. The maximum absolute atomic E-state index is 13.6. The standard InChI is InChI=1S/C22H28F3N5O3/c1-4-28-7-5-21(6-8-28)18(15(3)20(32)33-21)19(31)29-9-10-30(14(2)13-29)17-11-16(12-26-27-17)22(23,24)25/h11-12,14H,4-10,13H2,1-3H3. The molecule has 0 radical (unpaired) electrons. The number of esters is 1. The van der Waals surface area contributed by atoms with Gasteiger partial charge < -0.3 is 19.4 Å². The number of anilines is 1. The molecule has 1 atom stereocenters. The quantitative estimate of drug-likeness (QED) is 0.631. The van der Waals surface area contributed by atoms with Gasteiger partial charge in [-0.3, -0.25) is 4.79 Å². The summed E-state index contributed by atoms with van der Waals surface area (Å²) in [4.78, 5) is 31.7. The monoisotopic (exact) mass is 467 g/mol. The SMILES string of the molecule is CCN1CCC2(CC1)OC(=O)C(C)=C2C(=O)N1CCN(c2cc(C(F)(F)F)cnn2)C(C)C1. The Hall–Kier alpha value is -2.69. The highest BCUT2D eigenvalue weighted by Crippen LogP contribution is 2.42. The molecule has 1 amide bonds. The molecule has 1 aromatic rings.